The summed E-state index contributed by atoms with van der Waals surface area (Å²) >= 11 is 0. The molecular weight excluding hydrogens is 368 g/mol. The van der Waals surface area contributed by atoms with Gasteiger partial charge in [-0.1, -0.05) is 0 Å². The average molecular weight is 405 g/mol. The maximum atomic E-state index is 5.91. The molecule has 162 valence electrons. The van der Waals surface area contributed by atoms with Crippen LogP contribution in [0.15, 0.2) is 17.1 Å². The van der Waals surface area contributed by atoms with Crippen LogP contribution < -0.4 is 20.1 Å². The Morgan fingerprint density at radius 2 is 2.03 bits per heavy atom. The number of morpholine rings is 1. The minimum absolute atomic E-state index is 0.0230. The van der Waals surface area contributed by atoms with E-state index in [1.54, 1.807) is 7.11 Å². The summed E-state index contributed by atoms with van der Waals surface area (Å²) in [5, 5.41) is 6.86. The molecule has 3 rings (SSSR count). The third-order valence-electron chi connectivity index (χ3n) is 5.61. The molecule has 1 aromatic rings. The van der Waals surface area contributed by atoms with Gasteiger partial charge in [-0.3, -0.25) is 4.90 Å². The lowest BCUT2D eigenvalue weighted by atomic mass is 10.0. The Morgan fingerprint density at radius 1 is 1.28 bits per heavy atom. The monoisotopic (exact) mass is 404 g/mol. The number of aliphatic imine (C=N–C) groups is 1. The molecule has 0 saturated carbocycles. The first-order chi connectivity index (χ1) is 13.9. The summed E-state index contributed by atoms with van der Waals surface area (Å²) in [6.45, 7) is 14.4. The van der Waals surface area contributed by atoms with E-state index in [1.165, 1.54) is 5.56 Å². The van der Waals surface area contributed by atoms with Gasteiger partial charge >= 0.3 is 0 Å². The van der Waals surface area contributed by atoms with Gasteiger partial charge in [0.15, 0.2) is 5.96 Å². The zero-order valence-corrected chi connectivity index (χ0v) is 18.5. The Morgan fingerprint density at radius 3 is 2.72 bits per heavy atom. The van der Waals surface area contributed by atoms with E-state index in [4.69, 9.17) is 19.2 Å². The predicted octanol–water partition coefficient (Wildman–Crippen LogP) is 2.18. The largest absolute Gasteiger partial charge is 0.496 e. The smallest absolute Gasteiger partial charge is 0.191 e. The van der Waals surface area contributed by atoms with Gasteiger partial charge in [-0.25, -0.2) is 4.99 Å². The zero-order valence-electron chi connectivity index (χ0n) is 18.5. The Bertz CT molecular complexity index is 714. The van der Waals surface area contributed by atoms with Crippen molar-refractivity contribution in [2.75, 3.05) is 46.5 Å². The molecule has 7 nitrogen and oxygen atoms in total. The molecule has 0 radical (unpaired) electrons. The van der Waals surface area contributed by atoms with Crippen LogP contribution in [0.25, 0.3) is 0 Å². The SMILES string of the molecule is CCNC(=NCc1cc2c(cc1OC)CC(C)O2)NCC(C)(C)N1CCOCC1. The molecule has 0 spiro atoms. The van der Waals surface area contributed by atoms with E-state index in [0.29, 0.717) is 6.54 Å². The minimum atomic E-state index is 0.0230. The lowest BCUT2D eigenvalue weighted by Gasteiger charge is -2.41. The van der Waals surface area contributed by atoms with E-state index < -0.39 is 0 Å². The number of hydrogen-bond acceptors (Lipinski definition) is 5. The standard InChI is InChI=1S/C22H36N4O3/c1-6-23-21(25-15-22(3,4)26-7-9-28-10-8-26)24-14-18-13-20-17(11-16(2)29-20)12-19(18)27-5/h12-13,16H,6-11,14-15H2,1-5H3,(H2,23,24,25). The summed E-state index contributed by atoms with van der Waals surface area (Å²) in [4.78, 5) is 7.27. The summed E-state index contributed by atoms with van der Waals surface area (Å²) in [6, 6.07) is 4.16. The van der Waals surface area contributed by atoms with Gasteiger partial charge in [0.05, 0.1) is 26.9 Å². The van der Waals surface area contributed by atoms with Crippen molar-refractivity contribution in [3.8, 4) is 11.5 Å². The van der Waals surface area contributed by atoms with Gasteiger partial charge in [0.1, 0.15) is 17.6 Å². The summed E-state index contributed by atoms with van der Waals surface area (Å²) in [7, 11) is 1.71. The lowest BCUT2D eigenvalue weighted by molar-refractivity contribution is -0.00834. The minimum Gasteiger partial charge on any atom is -0.496 e. The van der Waals surface area contributed by atoms with Crippen molar-refractivity contribution in [2.24, 2.45) is 4.99 Å². The molecule has 29 heavy (non-hydrogen) atoms. The van der Waals surface area contributed by atoms with Crippen LogP contribution in [0.1, 0.15) is 38.8 Å². The maximum absolute atomic E-state index is 5.91. The van der Waals surface area contributed by atoms with Crippen LogP contribution in [-0.2, 0) is 17.7 Å². The summed E-state index contributed by atoms with van der Waals surface area (Å²) in [6.07, 6.45) is 1.14. The first-order valence-corrected chi connectivity index (χ1v) is 10.6. The van der Waals surface area contributed by atoms with Crippen molar-refractivity contribution < 1.29 is 14.2 Å². The van der Waals surface area contributed by atoms with Crippen LogP contribution in [0.2, 0.25) is 0 Å². The van der Waals surface area contributed by atoms with Gasteiger partial charge in [-0.2, -0.15) is 0 Å². The molecule has 0 bridgehead atoms. The normalized spacial score (nSPS) is 20.2. The number of fused-ring (bicyclic) bond motifs is 1. The van der Waals surface area contributed by atoms with Crippen molar-refractivity contribution in [3.63, 3.8) is 0 Å². The molecule has 0 amide bonds. The Hall–Kier alpha value is -1.99. The third kappa shape index (κ3) is 5.54. The second kappa shape index (κ2) is 9.67. The van der Waals surface area contributed by atoms with Crippen LogP contribution in [0.5, 0.6) is 11.5 Å². The lowest BCUT2D eigenvalue weighted by Crippen LogP contribution is -2.56. The fourth-order valence-electron chi connectivity index (χ4n) is 3.88. The first-order valence-electron chi connectivity index (χ1n) is 10.6. The van der Waals surface area contributed by atoms with Gasteiger partial charge in [-0.05, 0) is 39.8 Å². The molecular formula is C22H36N4O3. The summed E-state index contributed by atoms with van der Waals surface area (Å²) in [5.41, 5.74) is 2.26. The molecule has 7 heteroatoms. The second-order valence-corrected chi connectivity index (χ2v) is 8.36. The average Bonchev–Trinajstić information content (AvgIpc) is 3.08. The molecule has 1 unspecified atom stereocenters. The van der Waals surface area contributed by atoms with Gasteiger partial charge in [0, 0.05) is 49.3 Å². The first kappa shape index (κ1) is 21.7. The number of guanidine groups is 1. The van der Waals surface area contributed by atoms with E-state index in [2.05, 4.69) is 55.4 Å². The molecule has 1 saturated heterocycles. The molecule has 1 fully saturated rings. The van der Waals surface area contributed by atoms with Gasteiger partial charge in [0.25, 0.3) is 0 Å². The number of ether oxygens (including phenoxy) is 3. The van der Waals surface area contributed by atoms with Crippen LogP contribution in [0, 0.1) is 0 Å². The van der Waals surface area contributed by atoms with Crippen LogP contribution >= 0.6 is 0 Å². The Balaban J connectivity index is 1.67. The second-order valence-electron chi connectivity index (χ2n) is 8.36. The topological polar surface area (TPSA) is 67.4 Å². The van der Waals surface area contributed by atoms with E-state index in [1.807, 2.05) is 0 Å². The fourth-order valence-corrected chi connectivity index (χ4v) is 3.88. The van der Waals surface area contributed by atoms with Gasteiger partial charge < -0.3 is 24.8 Å². The molecule has 1 atom stereocenters. The third-order valence-corrected chi connectivity index (χ3v) is 5.61. The van der Waals surface area contributed by atoms with Crippen molar-refractivity contribution in [1.82, 2.24) is 15.5 Å². The van der Waals surface area contributed by atoms with Crippen molar-refractivity contribution in [1.29, 1.82) is 0 Å². The highest BCUT2D eigenvalue weighted by molar-refractivity contribution is 5.79. The van der Waals surface area contributed by atoms with Crippen LogP contribution in [0.4, 0.5) is 0 Å². The molecule has 0 aliphatic carbocycles. The summed E-state index contributed by atoms with van der Waals surface area (Å²) < 4.78 is 17.0. The van der Waals surface area contributed by atoms with Gasteiger partial charge in [0.2, 0.25) is 0 Å². The molecule has 2 aliphatic heterocycles. The van der Waals surface area contributed by atoms with E-state index >= 15 is 0 Å². The van der Waals surface area contributed by atoms with E-state index in [-0.39, 0.29) is 11.6 Å². The van der Waals surface area contributed by atoms with E-state index in [9.17, 15) is 0 Å². The maximum Gasteiger partial charge on any atom is 0.191 e. The van der Waals surface area contributed by atoms with Crippen molar-refractivity contribution in [2.45, 2.75) is 52.3 Å². The molecule has 1 aromatic carbocycles. The number of rotatable bonds is 7. The molecule has 2 N–H and O–H groups in total. The Labute approximate surface area is 174 Å². The van der Waals surface area contributed by atoms with Gasteiger partial charge in [-0.15, -0.1) is 0 Å². The van der Waals surface area contributed by atoms with Crippen LogP contribution in [-0.4, -0.2) is 69.0 Å². The molecule has 0 aromatic heterocycles. The molecule has 2 heterocycles. The highest BCUT2D eigenvalue weighted by Gasteiger charge is 2.28. The summed E-state index contributed by atoms with van der Waals surface area (Å²) in [5.74, 6) is 2.63. The number of benzene rings is 1. The fraction of sp³-hybridized carbons (Fsp3) is 0.682. The molecule has 2 aliphatic rings. The quantitative estimate of drug-likeness (QED) is 0.536. The number of hydrogen-bond donors (Lipinski definition) is 2. The van der Waals surface area contributed by atoms with Crippen molar-refractivity contribution in [3.05, 3.63) is 23.3 Å². The number of nitrogens with zero attached hydrogens (tertiary/aromatic N) is 2. The van der Waals surface area contributed by atoms with Crippen molar-refractivity contribution >= 4 is 5.96 Å². The number of methoxy groups -OCH3 is 1. The predicted molar refractivity (Wildman–Crippen MR) is 116 cm³/mol. The highest BCUT2D eigenvalue weighted by Crippen LogP contribution is 2.35. The van der Waals surface area contributed by atoms with E-state index in [0.717, 1.165) is 68.8 Å². The van der Waals surface area contributed by atoms with Crippen LogP contribution in [0.3, 0.4) is 0 Å². The zero-order chi connectivity index (χ0) is 20.9. The highest BCUT2D eigenvalue weighted by atomic mass is 16.5. The number of nitrogens with one attached hydrogen (secondary N) is 2. The Kier molecular flexibility index (Phi) is 7.24.